The van der Waals surface area contributed by atoms with Crippen molar-refractivity contribution in [2.24, 2.45) is 0 Å². The Labute approximate surface area is 114 Å². The third kappa shape index (κ3) is 2.48. The first-order chi connectivity index (χ1) is 9.72. The highest BCUT2D eigenvalue weighted by Crippen LogP contribution is 2.21. The van der Waals surface area contributed by atoms with E-state index in [0.29, 0.717) is 17.5 Å². The summed E-state index contributed by atoms with van der Waals surface area (Å²) in [6.45, 7) is 3.61. The van der Waals surface area contributed by atoms with E-state index in [1.54, 1.807) is 11.6 Å². The molecular formula is C12H12N6O2. The van der Waals surface area contributed by atoms with Gasteiger partial charge < -0.3 is 9.26 Å². The zero-order chi connectivity index (χ0) is 13.9. The number of rotatable bonds is 4. The van der Waals surface area contributed by atoms with Gasteiger partial charge in [0.25, 0.3) is 5.89 Å². The first-order valence-electron chi connectivity index (χ1n) is 6.02. The average molecular weight is 272 g/mol. The highest BCUT2D eigenvalue weighted by atomic mass is 16.5. The van der Waals surface area contributed by atoms with Crippen LogP contribution < -0.4 is 4.74 Å². The molecule has 0 bridgehead atoms. The molecule has 20 heavy (non-hydrogen) atoms. The van der Waals surface area contributed by atoms with E-state index in [2.05, 4.69) is 25.7 Å². The second-order valence-electron chi connectivity index (χ2n) is 4.19. The summed E-state index contributed by atoms with van der Waals surface area (Å²) in [6, 6.07) is 7.38. The molecule has 0 saturated carbocycles. The fourth-order valence-electron chi connectivity index (χ4n) is 1.69. The van der Waals surface area contributed by atoms with Crippen LogP contribution in [0.5, 0.6) is 5.75 Å². The lowest BCUT2D eigenvalue weighted by Gasteiger charge is -2.10. The molecule has 0 unspecified atom stereocenters. The fraction of sp³-hybridized carbons (Fsp3) is 0.250. The molecule has 1 aromatic carbocycles. The summed E-state index contributed by atoms with van der Waals surface area (Å²) in [4.78, 5) is 4.13. The van der Waals surface area contributed by atoms with Crippen LogP contribution in [0.3, 0.4) is 0 Å². The molecule has 0 N–H and O–H groups in total. The van der Waals surface area contributed by atoms with Crippen LogP contribution in [0.2, 0.25) is 0 Å². The minimum Gasteiger partial charge on any atom is -0.481 e. The lowest BCUT2D eigenvalue weighted by Crippen LogP contribution is -2.04. The van der Waals surface area contributed by atoms with Crippen LogP contribution in [0.4, 0.5) is 0 Å². The first kappa shape index (κ1) is 12.3. The molecular weight excluding hydrogens is 260 g/mol. The maximum atomic E-state index is 5.73. The predicted octanol–water partition coefficient (Wildman–Crippen LogP) is 1.49. The molecule has 0 aliphatic carbocycles. The van der Waals surface area contributed by atoms with Gasteiger partial charge in [-0.3, -0.25) is 0 Å². The number of aryl methyl sites for hydroxylation is 1. The number of benzene rings is 1. The van der Waals surface area contributed by atoms with Crippen LogP contribution in [0.1, 0.15) is 24.7 Å². The van der Waals surface area contributed by atoms with E-state index in [0.717, 1.165) is 5.69 Å². The highest BCUT2D eigenvalue weighted by Gasteiger charge is 2.14. The van der Waals surface area contributed by atoms with Gasteiger partial charge in [-0.15, -0.1) is 5.10 Å². The van der Waals surface area contributed by atoms with Gasteiger partial charge >= 0.3 is 0 Å². The van der Waals surface area contributed by atoms with Crippen LogP contribution in [-0.4, -0.2) is 30.3 Å². The van der Waals surface area contributed by atoms with Gasteiger partial charge in [0.05, 0.1) is 5.69 Å². The molecule has 2 heterocycles. The fourth-order valence-corrected chi connectivity index (χ4v) is 1.69. The molecule has 0 aliphatic heterocycles. The molecule has 3 rings (SSSR count). The van der Waals surface area contributed by atoms with Crippen LogP contribution in [-0.2, 0) is 0 Å². The maximum Gasteiger partial charge on any atom is 0.267 e. The van der Waals surface area contributed by atoms with Crippen molar-refractivity contribution in [2.45, 2.75) is 20.0 Å². The molecule has 0 fully saturated rings. The van der Waals surface area contributed by atoms with Gasteiger partial charge in [0.1, 0.15) is 12.1 Å². The van der Waals surface area contributed by atoms with Crippen LogP contribution in [0.25, 0.3) is 5.69 Å². The second kappa shape index (κ2) is 5.08. The van der Waals surface area contributed by atoms with E-state index in [1.165, 1.54) is 6.33 Å². The summed E-state index contributed by atoms with van der Waals surface area (Å²) in [5, 5.41) is 14.7. The third-order valence-electron chi connectivity index (χ3n) is 2.65. The summed E-state index contributed by atoms with van der Waals surface area (Å²) in [6.07, 6.45) is 1.22. The summed E-state index contributed by atoms with van der Waals surface area (Å²) < 4.78 is 12.4. The SMILES string of the molecule is Cc1noc([C@@H](C)Oc2ccc(-n3cnnn3)cc2)n1. The molecule has 0 amide bonds. The highest BCUT2D eigenvalue weighted by molar-refractivity contribution is 5.36. The van der Waals surface area contributed by atoms with Gasteiger partial charge in [0.15, 0.2) is 11.9 Å². The Morgan fingerprint density at radius 3 is 2.65 bits per heavy atom. The third-order valence-corrected chi connectivity index (χ3v) is 2.65. The number of nitrogens with zero attached hydrogens (tertiary/aromatic N) is 6. The molecule has 1 atom stereocenters. The Morgan fingerprint density at radius 1 is 1.25 bits per heavy atom. The van der Waals surface area contributed by atoms with Crippen molar-refractivity contribution < 1.29 is 9.26 Å². The maximum absolute atomic E-state index is 5.73. The monoisotopic (exact) mass is 272 g/mol. The van der Waals surface area contributed by atoms with Crippen molar-refractivity contribution in [3.05, 3.63) is 42.3 Å². The van der Waals surface area contributed by atoms with E-state index in [1.807, 2.05) is 31.2 Å². The van der Waals surface area contributed by atoms with Crippen molar-refractivity contribution in [1.29, 1.82) is 0 Å². The quantitative estimate of drug-likeness (QED) is 0.710. The van der Waals surface area contributed by atoms with E-state index in [4.69, 9.17) is 9.26 Å². The Balaban J connectivity index is 1.72. The summed E-state index contributed by atoms with van der Waals surface area (Å²) in [7, 11) is 0. The Morgan fingerprint density at radius 2 is 2.05 bits per heavy atom. The topological polar surface area (TPSA) is 91.8 Å². The number of aromatic nitrogens is 6. The van der Waals surface area contributed by atoms with Gasteiger partial charge in [-0.2, -0.15) is 4.98 Å². The smallest absolute Gasteiger partial charge is 0.267 e. The lowest BCUT2D eigenvalue weighted by molar-refractivity contribution is 0.175. The number of tetrazole rings is 1. The molecule has 0 spiro atoms. The van der Waals surface area contributed by atoms with Crippen molar-refractivity contribution >= 4 is 0 Å². The van der Waals surface area contributed by atoms with Crippen LogP contribution in [0, 0.1) is 6.92 Å². The van der Waals surface area contributed by atoms with Crippen molar-refractivity contribution in [3.63, 3.8) is 0 Å². The average Bonchev–Trinajstić information content (AvgIpc) is 3.10. The van der Waals surface area contributed by atoms with E-state index < -0.39 is 0 Å². The molecule has 0 aliphatic rings. The minimum absolute atomic E-state index is 0.310. The van der Waals surface area contributed by atoms with Crippen LogP contribution in [0.15, 0.2) is 35.1 Å². The molecule has 102 valence electrons. The largest absolute Gasteiger partial charge is 0.481 e. The van der Waals surface area contributed by atoms with Crippen LogP contribution >= 0.6 is 0 Å². The van der Waals surface area contributed by atoms with E-state index >= 15 is 0 Å². The van der Waals surface area contributed by atoms with Gasteiger partial charge in [-0.25, -0.2) is 4.68 Å². The molecule has 2 aromatic heterocycles. The molecule has 3 aromatic rings. The summed E-state index contributed by atoms with van der Waals surface area (Å²) in [5.41, 5.74) is 0.851. The summed E-state index contributed by atoms with van der Waals surface area (Å²) >= 11 is 0. The zero-order valence-electron chi connectivity index (χ0n) is 11.0. The Bertz CT molecular complexity index is 676. The van der Waals surface area contributed by atoms with E-state index in [9.17, 15) is 0 Å². The van der Waals surface area contributed by atoms with Crippen molar-refractivity contribution in [1.82, 2.24) is 30.3 Å². The van der Waals surface area contributed by atoms with Crippen molar-refractivity contribution in [3.8, 4) is 11.4 Å². The van der Waals surface area contributed by atoms with Gasteiger partial charge in [0, 0.05) is 0 Å². The first-order valence-corrected chi connectivity index (χ1v) is 6.02. The number of hydrogen-bond acceptors (Lipinski definition) is 7. The minimum atomic E-state index is -0.310. The Kier molecular flexibility index (Phi) is 3.12. The number of hydrogen-bond donors (Lipinski definition) is 0. The predicted molar refractivity (Wildman–Crippen MR) is 67.2 cm³/mol. The normalized spacial score (nSPS) is 12.3. The Hall–Kier alpha value is -2.77. The standard InChI is InChI=1S/C12H12N6O2/c1-8(12-14-9(2)15-20-12)19-11-5-3-10(4-6-11)18-7-13-16-17-18/h3-8H,1-2H3/t8-/m1/s1. The van der Waals surface area contributed by atoms with Gasteiger partial charge in [-0.1, -0.05) is 5.16 Å². The van der Waals surface area contributed by atoms with E-state index in [-0.39, 0.29) is 6.10 Å². The second-order valence-corrected chi connectivity index (χ2v) is 4.19. The molecule has 8 heteroatoms. The van der Waals surface area contributed by atoms with Gasteiger partial charge in [0.2, 0.25) is 0 Å². The number of ether oxygens (including phenoxy) is 1. The molecule has 8 nitrogen and oxygen atoms in total. The zero-order valence-corrected chi connectivity index (χ0v) is 11.0. The van der Waals surface area contributed by atoms with Crippen molar-refractivity contribution in [2.75, 3.05) is 0 Å². The van der Waals surface area contributed by atoms with Gasteiger partial charge in [-0.05, 0) is 48.5 Å². The summed E-state index contributed by atoms with van der Waals surface area (Å²) in [5.74, 6) is 1.74. The molecule has 0 saturated heterocycles. The molecule has 0 radical (unpaired) electrons. The lowest BCUT2D eigenvalue weighted by atomic mass is 10.3.